The van der Waals surface area contributed by atoms with Crippen LogP contribution in [0.4, 0.5) is 0 Å². The number of sulfonamides is 1. The quantitative estimate of drug-likeness (QED) is 0.101. The third-order valence-electron chi connectivity index (χ3n) is 9.80. The summed E-state index contributed by atoms with van der Waals surface area (Å²) in [6.07, 6.45) is 5.26. The monoisotopic (exact) mass is 767 g/mol. The van der Waals surface area contributed by atoms with E-state index in [9.17, 15) is 27.6 Å². The number of nitrogens with two attached hydrogens (primary N) is 1. The number of guanidine groups is 1. The molecule has 0 unspecified atom stereocenters. The molecule has 0 fully saturated rings. The van der Waals surface area contributed by atoms with E-state index in [0.717, 1.165) is 28.9 Å². The van der Waals surface area contributed by atoms with Gasteiger partial charge in [-0.25, -0.2) is 17.9 Å². The molecule has 3 aliphatic rings. The summed E-state index contributed by atoms with van der Waals surface area (Å²) in [5.74, 6) is -1.93. The van der Waals surface area contributed by atoms with Gasteiger partial charge in [-0.05, 0) is 113 Å². The van der Waals surface area contributed by atoms with E-state index in [4.69, 9.17) is 19.9 Å². The first-order valence-electron chi connectivity index (χ1n) is 18.1. The molecule has 3 aliphatic heterocycles. The lowest BCUT2D eigenvalue weighted by atomic mass is 9.88. The first kappa shape index (κ1) is 41.8. The number of aliphatic imine (C=N–C) groups is 1. The van der Waals surface area contributed by atoms with Crippen LogP contribution in [-0.2, 0) is 46.8 Å². The molecule has 5 rings (SSSR count). The van der Waals surface area contributed by atoms with Gasteiger partial charge in [0.2, 0.25) is 17.8 Å². The molecule has 2 aromatic rings. The maximum atomic E-state index is 13.7. The van der Waals surface area contributed by atoms with Gasteiger partial charge >= 0.3 is 5.97 Å². The van der Waals surface area contributed by atoms with Gasteiger partial charge in [-0.2, -0.15) is 0 Å². The van der Waals surface area contributed by atoms with Crippen molar-refractivity contribution in [3.63, 3.8) is 0 Å². The Balaban J connectivity index is 1.53. The number of Topliss-reactive ketones (excluding diaryl/α,β-unsaturated/α-hetero) is 1. The molecule has 14 nitrogen and oxygen atoms in total. The number of nitrogens with zero attached hydrogens (tertiary/aromatic N) is 1. The van der Waals surface area contributed by atoms with Gasteiger partial charge in [0.25, 0.3) is 10.0 Å². The third kappa shape index (κ3) is 10.8. The molecular weight excluding hydrogens is 715 g/mol. The summed E-state index contributed by atoms with van der Waals surface area (Å²) < 4.78 is 46.6. The summed E-state index contributed by atoms with van der Waals surface area (Å²) in [4.78, 5) is 56.5. The number of ether oxygens (including phenoxy) is 3. The Morgan fingerprint density at radius 3 is 2.43 bits per heavy atom. The van der Waals surface area contributed by atoms with Crippen LogP contribution >= 0.6 is 0 Å². The summed E-state index contributed by atoms with van der Waals surface area (Å²) in [7, 11) is -2.91. The fraction of sp³-hybridized carbons (Fsp3) is 0.513. The maximum absolute atomic E-state index is 13.7. The van der Waals surface area contributed by atoms with Crippen molar-refractivity contribution in [3.05, 3.63) is 64.2 Å². The van der Waals surface area contributed by atoms with E-state index >= 15 is 0 Å². The summed E-state index contributed by atoms with van der Waals surface area (Å²) in [6, 6.07) is 5.19. The van der Waals surface area contributed by atoms with Gasteiger partial charge in [-0.3, -0.25) is 19.4 Å². The van der Waals surface area contributed by atoms with Gasteiger partial charge in [0.15, 0.2) is 5.78 Å². The molecule has 0 aliphatic carbocycles. The largest absolute Gasteiger partial charge is 0.490 e. The zero-order valence-electron chi connectivity index (χ0n) is 32.2. The number of fused-ring (bicyclic) bond motifs is 14. The topological polar surface area (TPSA) is 205 Å². The van der Waals surface area contributed by atoms with Crippen molar-refractivity contribution in [3.8, 4) is 11.5 Å². The second-order valence-corrected chi connectivity index (χ2v) is 16.1. The van der Waals surface area contributed by atoms with Gasteiger partial charge in [0, 0.05) is 25.8 Å². The molecule has 54 heavy (non-hydrogen) atoms. The number of methoxy groups -OCH3 is 1. The molecule has 5 N–H and O–H groups in total. The smallest absolute Gasteiger partial charge is 0.328 e. The second-order valence-electron chi connectivity index (χ2n) is 14.5. The molecule has 0 saturated heterocycles. The number of hydrogen-bond acceptors (Lipinski definition) is 10. The van der Waals surface area contributed by atoms with Crippen LogP contribution in [0.15, 0.2) is 46.3 Å². The summed E-state index contributed by atoms with van der Waals surface area (Å²) in [5.41, 5.74) is 9.26. The molecule has 2 amide bonds. The van der Waals surface area contributed by atoms with Gasteiger partial charge in [0.05, 0.1) is 18.0 Å². The molecule has 3 atom stereocenters. The van der Waals surface area contributed by atoms with Crippen molar-refractivity contribution < 1.29 is 41.8 Å². The van der Waals surface area contributed by atoms with Crippen molar-refractivity contribution in [1.82, 2.24) is 15.4 Å². The number of carbonyl (C=O) groups excluding carboxylic acids is 4. The minimum Gasteiger partial charge on any atom is -0.490 e. The number of carbonyl (C=O) groups is 4. The molecule has 2 bridgehead atoms. The van der Waals surface area contributed by atoms with Crippen LogP contribution < -0.4 is 30.6 Å². The van der Waals surface area contributed by atoms with Crippen LogP contribution in [0.5, 0.6) is 11.5 Å². The number of ketones is 1. The minimum atomic E-state index is -4.13. The maximum Gasteiger partial charge on any atom is 0.328 e. The second kappa shape index (κ2) is 17.9. The van der Waals surface area contributed by atoms with Gasteiger partial charge < -0.3 is 30.6 Å². The van der Waals surface area contributed by atoms with Crippen molar-refractivity contribution in [2.45, 2.75) is 109 Å². The molecule has 0 saturated carbocycles. The van der Waals surface area contributed by atoms with Crippen molar-refractivity contribution in [2.24, 2.45) is 16.6 Å². The standard InChI is InChI=1S/C39H53N5O9S/c1-23-24(2)35(25(3)30-17-18-39(5,6)53-34(23)30)54(49,50)44-38(40)41-19-10-11-28-22-33(46)32(42-26(4)45)21-27-13-15-29(16-14-27)52-20-9-8-12-31(37(48)51-7)43-36(28)47/h8-9,13-16,28,31-32H,10-12,17-22H2,1-7H3,(H,42,45)(H,43,47)(H3,40,41,44)/t28-,31-,32-/m0/s1. The lowest BCUT2D eigenvalue weighted by Crippen LogP contribution is -2.46. The van der Waals surface area contributed by atoms with E-state index in [0.29, 0.717) is 23.3 Å². The van der Waals surface area contributed by atoms with E-state index in [1.54, 1.807) is 50.3 Å². The summed E-state index contributed by atoms with van der Waals surface area (Å²) >= 11 is 0. The molecule has 2 aromatic carbocycles. The highest BCUT2D eigenvalue weighted by Gasteiger charge is 2.34. The Morgan fingerprint density at radius 2 is 1.76 bits per heavy atom. The zero-order valence-corrected chi connectivity index (χ0v) is 33.0. The van der Waals surface area contributed by atoms with E-state index in [1.807, 2.05) is 20.8 Å². The zero-order chi connectivity index (χ0) is 39.8. The van der Waals surface area contributed by atoms with Gasteiger partial charge in [0.1, 0.15) is 29.7 Å². The number of nitrogens with one attached hydrogen (secondary N) is 3. The normalized spacial score (nSPS) is 20.8. The number of hydrogen-bond donors (Lipinski definition) is 4. The molecule has 15 heteroatoms. The van der Waals surface area contributed by atoms with E-state index < -0.39 is 45.8 Å². The lowest BCUT2D eigenvalue weighted by Gasteiger charge is -2.35. The first-order valence-corrected chi connectivity index (χ1v) is 19.6. The minimum absolute atomic E-state index is 0.0288. The van der Waals surface area contributed by atoms with Crippen LogP contribution in [-0.4, -0.2) is 75.9 Å². The highest BCUT2D eigenvalue weighted by molar-refractivity contribution is 7.90. The lowest BCUT2D eigenvalue weighted by molar-refractivity contribution is -0.145. The highest BCUT2D eigenvalue weighted by Crippen LogP contribution is 2.42. The van der Waals surface area contributed by atoms with Crippen LogP contribution in [0.3, 0.4) is 0 Å². The predicted molar refractivity (Wildman–Crippen MR) is 204 cm³/mol. The van der Waals surface area contributed by atoms with Crippen LogP contribution in [0.1, 0.15) is 80.7 Å². The number of benzene rings is 2. The molecular formula is C39H53N5O9S. The molecule has 0 spiro atoms. The number of esters is 1. The van der Waals surface area contributed by atoms with Crippen LogP contribution in [0.25, 0.3) is 0 Å². The van der Waals surface area contributed by atoms with Gasteiger partial charge in [-0.1, -0.05) is 24.3 Å². The van der Waals surface area contributed by atoms with E-state index in [-0.39, 0.29) is 67.5 Å². The van der Waals surface area contributed by atoms with Crippen LogP contribution in [0, 0.1) is 26.7 Å². The Labute approximate surface area is 317 Å². The SMILES string of the molecule is COC(=O)[C@@H]1CC=CCOc2ccc(cc2)C[C@H](NC(C)=O)C(=O)C[C@H](CCCN=C(N)NS(=O)(=O)c2c(C)c(C)c3c(c2C)CCC(C)(C)O3)C(=O)N1. The van der Waals surface area contributed by atoms with Gasteiger partial charge in [-0.15, -0.1) is 0 Å². The fourth-order valence-corrected chi connectivity index (χ4v) is 8.28. The Hall–Kier alpha value is -4.92. The summed E-state index contributed by atoms with van der Waals surface area (Å²) in [5, 5.41) is 5.42. The Kier molecular flexibility index (Phi) is 13.9. The Morgan fingerprint density at radius 1 is 1.06 bits per heavy atom. The third-order valence-corrected chi connectivity index (χ3v) is 11.4. The van der Waals surface area contributed by atoms with Crippen molar-refractivity contribution in [1.29, 1.82) is 0 Å². The van der Waals surface area contributed by atoms with E-state index in [2.05, 4.69) is 20.3 Å². The molecule has 0 radical (unpaired) electrons. The average molecular weight is 768 g/mol. The molecule has 0 aromatic heterocycles. The predicted octanol–water partition coefficient (Wildman–Crippen LogP) is 3.41. The first-order chi connectivity index (χ1) is 25.4. The average Bonchev–Trinajstić information content (AvgIpc) is 3.10. The Bertz CT molecular complexity index is 1910. The van der Waals surface area contributed by atoms with Crippen molar-refractivity contribution in [2.75, 3.05) is 20.3 Å². The highest BCUT2D eigenvalue weighted by atomic mass is 32.2. The summed E-state index contributed by atoms with van der Waals surface area (Å²) in [6.45, 7) is 10.9. The number of rotatable bonds is 8. The van der Waals surface area contributed by atoms with Crippen LogP contribution in [0.2, 0.25) is 0 Å². The molecule has 294 valence electrons. The number of amides is 2. The van der Waals surface area contributed by atoms with Crippen molar-refractivity contribution >= 4 is 39.5 Å². The molecule has 3 heterocycles. The van der Waals surface area contributed by atoms with E-state index in [1.165, 1.54) is 14.0 Å². The fourth-order valence-electron chi connectivity index (χ4n) is 6.76.